The van der Waals surface area contributed by atoms with E-state index in [9.17, 15) is 9.59 Å². The van der Waals surface area contributed by atoms with Crippen LogP contribution in [0.2, 0.25) is 0 Å². The Hall–Kier alpha value is -2.34. The number of thiophene rings is 1. The molecule has 5 nitrogen and oxygen atoms in total. The van der Waals surface area contributed by atoms with E-state index < -0.39 is 0 Å². The number of carbonyl (C=O) groups is 2. The van der Waals surface area contributed by atoms with Gasteiger partial charge in [0.2, 0.25) is 5.91 Å². The van der Waals surface area contributed by atoms with Crippen LogP contribution in [0, 0.1) is 19.8 Å². The van der Waals surface area contributed by atoms with Gasteiger partial charge in [-0.2, -0.15) is 0 Å². The molecule has 2 N–H and O–H groups in total. The van der Waals surface area contributed by atoms with Gasteiger partial charge in [-0.3, -0.25) is 9.59 Å². The van der Waals surface area contributed by atoms with Crippen LogP contribution in [0.25, 0.3) is 0 Å². The molecule has 0 bridgehead atoms. The van der Waals surface area contributed by atoms with E-state index in [2.05, 4.69) is 10.6 Å². The molecule has 1 aliphatic rings. The SMILES string of the molecule is Cc1ccc(OCCCCNC(=O)c2sc(NC(=O)C3CC3)cc2C)cc1. The zero-order valence-corrected chi connectivity index (χ0v) is 16.7. The van der Waals surface area contributed by atoms with E-state index in [4.69, 9.17) is 4.74 Å². The van der Waals surface area contributed by atoms with E-state index in [-0.39, 0.29) is 17.7 Å². The molecule has 1 aromatic carbocycles. The minimum atomic E-state index is -0.0797. The van der Waals surface area contributed by atoms with Crippen molar-refractivity contribution in [1.82, 2.24) is 5.32 Å². The number of hydrogen-bond acceptors (Lipinski definition) is 4. The monoisotopic (exact) mass is 386 g/mol. The second-order valence-electron chi connectivity index (χ2n) is 7.01. The molecule has 6 heteroatoms. The van der Waals surface area contributed by atoms with Gasteiger partial charge < -0.3 is 15.4 Å². The van der Waals surface area contributed by atoms with Gasteiger partial charge in [0.25, 0.3) is 5.91 Å². The van der Waals surface area contributed by atoms with Crippen LogP contribution in [0.4, 0.5) is 5.00 Å². The first-order valence-electron chi connectivity index (χ1n) is 9.42. The summed E-state index contributed by atoms with van der Waals surface area (Å²) in [5, 5.41) is 6.61. The molecule has 0 atom stereocenters. The maximum absolute atomic E-state index is 12.4. The summed E-state index contributed by atoms with van der Waals surface area (Å²) in [6, 6.07) is 9.86. The number of carbonyl (C=O) groups excluding carboxylic acids is 2. The lowest BCUT2D eigenvalue weighted by Crippen LogP contribution is -2.24. The highest BCUT2D eigenvalue weighted by molar-refractivity contribution is 7.18. The minimum Gasteiger partial charge on any atom is -0.494 e. The Bertz CT molecular complexity index is 794. The van der Waals surface area contributed by atoms with Crippen LogP contribution in [0.5, 0.6) is 5.75 Å². The third kappa shape index (κ3) is 5.82. The Balaban J connectivity index is 1.35. The van der Waals surface area contributed by atoms with E-state index in [1.165, 1.54) is 16.9 Å². The van der Waals surface area contributed by atoms with Crippen LogP contribution in [-0.2, 0) is 4.79 Å². The van der Waals surface area contributed by atoms with Gasteiger partial charge in [0.05, 0.1) is 16.5 Å². The Morgan fingerprint density at radius 1 is 1.15 bits per heavy atom. The molecule has 0 radical (unpaired) electrons. The van der Waals surface area contributed by atoms with Crippen molar-refractivity contribution >= 4 is 28.2 Å². The lowest BCUT2D eigenvalue weighted by Gasteiger charge is -2.07. The van der Waals surface area contributed by atoms with Crippen molar-refractivity contribution in [1.29, 1.82) is 0 Å². The number of amides is 2. The molecule has 1 aliphatic carbocycles. The van der Waals surface area contributed by atoms with Crippen molar-refractivity contribution in [3.8, 4) is 5.75 Å². The van der Waals surface area contributed by atoms with Crippen molar-refractivity contribution in [2.75, 3.05) is 18.5 Å². The van der Waals surface area contributed by atoms with Gasteiger partial charge in [0, 0.05) is 12.5 Å². The normalized spacial score (nSPS) is 13.3. The molecule has 3 rings (SSSR count). The van der Waals surface area contributed by atoms with Crippen molar-refractivity contribution < 1.29 is 14.3 Å². The summed E-state index contributed by atoms with van der Waals surface area (Å²) in [6.45, 7) is 5.19. The van der Waals surface area contributed by atoms with Crippen LogP contribution < -0.4 is 15.4 Å². The van der Waals surface area contributed by atoms with E-state index in [1.54, 1.807) is 0 Å². The van der Waals surface area contributed by atoms with Gasteiger partial charge in [-0.05, 0) is 63.3 Å². The lowest BCUT2D eigenvalue weighted by molar-refractivity contribution is -0.117. The zero-order chi connectivity index (χ0) is 19.2. The highest BCUT2D eigenvalue weighted by Crippen LogP contribution is 2.32. The molecular formula is C21H26N2O3S. The predicted octanol–water partition coefficient (Wildman–Crippen LogP) is 4.30. The average Bonchev–Trinajstić information content (AvgIpc) is 3.43. The van der Waals surface area contributed by atoms with Gasteiger partial charge in [0.15, 0.2) is 0 Å². The van der Waals surface area contributed by atoms with Crippen molar-refractivity contribution in [3.05, 3.63) is 46.3 Å². The predicted molar refractivity (Wildman–Crippen MR) is 109 cm³/mol. The largest absolute Gasteiger partial charge is 0.494 e. The lowest BCUT2D eigenvalue weighted by atomic mass is 10.2. The van der Waals surface area contributed by atoms with Crippen molar-refractivity contribution in [2.24, 2.45) is 5.92 Å². The zero-order valence-electron chi connectivity index (χ0n) is 15.8. The first kappa shape index (κ1) is 19.4. The highest BCUT2D eigenvalue weighted by atomic mass is 32.1. The maximum Gasteiger partial charge on any atom is 0.261 e. The molecule has 0 aliphatic heterocycles. The summed E-state index contributed by atoms with van der Waals surface area (Å²) in [5.74, 6) is 1.02. The van der Waals surface area contributed by atoms with Crippen LogP contribution in [0.3, 0.4) is 0 Å². The summed E-state index contributed by atoms with van der Waals surface area (Å²) in [7, 11) is 0. The number of benzene rings is 1. The van der Waals surface area contributed by atoms with E-state index in [1.807, 2.05) is 44.2 Å². The van der Waals surface area contributed by atoms with Gasteiger partial charge in [-0.15, -0.1) is 11.3 Å². The van der Waals surface area contributed by atoms with Crippen LogP contribution in [-0.4, -0.2) is 25.0 Å². The molecule has 1 heterocycles. The molecule has 0 unspecified atom stereocenters. The Labute approximate surface area is 164 Å². The van der Waals surface area contributed by atoms with E-state index in [0.29, 0.717) is 18.0 Å². The average molecular weight is 387 g/mol. The van der Waals surface area contributed by atoms with Crippen LogP contribution in [0.1, 0.15) is 46.5 Å². The standard InChI is InChI=1S/C21H26N2O3S/c1-14-5-9-17(10-6-14)26-12-4-3-11-22-21(25)19-15(2)13-18(27-19)23-20(24)16-7-8-16/h5-6,9-10,13,16H,3-4,7-8,11-12H2,1-2H3,(H,22,25)(H,23,24). The molecule has 0 saturated heterocycles. The third-order valence-electron chi connectivity index (χ3n) is 4.46. The van der Waals surface area contributed by atoms with Gasteiger partial charge in [-0.25, -0.2) is 0 Å². The number of aryl methyl sites for hydroxylation is 2. The molecule has 0 spiro atoms. The number of unbranched alkanes of at least 4 members (excludes halogenated alkanes) is 1. The fourth-order valence-electron chi connectivity index (χ4n) is 2.67. The highest BCUT2D eigenvalue weighted by Gasteiger charge is 2.30. The summed E-state index contributed by atoms with van der Waals surface area (Å²) in [5.41, 5.74) is 2.11. The second kappa shape index (κ2) is 9.04. The molecular weight excluding hydrogens is 360 g/mol. The molecule has 27 heavy (non-hydrogen) atoms. The van der Waals surface area contributed by atoms with Gasteiger partial charge in [-0.1, -0.05) is 17.7 Å². The molecule has 144 valence electrons. The fourth-order valence-corrected chi connectivity index (χ4v) is 3.66. The van der Waals surface area contributed by atoms with Crippen molar-refractivity contribution in [3.63, 3.8) is 0 Å². The number of rotatable bonds is 9. The van der Waals surface area contributed by atoms with E-state index in [0.717, 1.165) is 42.0 Å². The topological polar surface area (TPSA) is 67.4 Å². The Morgan fingerprint density at radius 2 is 1.89 bits per heavy atom. The smallest absolute Gasteiger partial charge is 0.261 e. The van der Waals surface area contributed by atoms with Crippen molar-refractivity contribution in [2.45, 2.75) is 39.5 Å². The minimum absolute atomic E-state index is 0.0665. The van der Waals surface area contributed by atoms with Crippen LogP contribution >= 0.6 is 11.3 Å². The molecule has 2 aromatic rings. The second-order valence-corrected chi connectivity index (χ2v) is 8.06. The quantitative estimate of drug-likeness (QED) is 0.631. The van der Waals surface area contributed by atoms with E-state index >= 15 is 0 Å². The fraction of sp³-hybridized carbons (Fsp3) is 0.429. The van der Waals surface area contributed by atoms with Gasteiger partial charge in [0.1, 0.15) is 5.75 Å². The van der Waals surface area contributed by atoms with Crippen LogP contribution in [0.15, 0.2) is 30.3 Å². The summed E-state index contributed by atoms with van der Waals surface area (Å²) >= 11 is 1.34. The maximum atomic E-state index is 12.4. The first-order chi connectivity index (χ1) is 13.0. The number of ether oxygens (including phenoxy) is 1. The molecule has 1 aromatic heterocycles. The summed E-state index contributed by atoms with van der Waals surface area (Å²) in [4.78, 5) is 24.9. The number of anilines is 1. The number of hydrogen-bond donors (Lipinski definition) is 2. The summed E-state index contributed by atoms with van der Waals surface area (Å²) in [6.07, 6.45) is 3.67. The van der Waals surface area contributed by atoms with Gasteiger partial charge >= 0.3 is 0 Å². The Kier molecular flexibility index (Phi) is 6.50. The summed E-state index contributed by atoms with van der Waals surface area (Å²) < 4.78 is 5.69. The first-order valence-corrected chi connectivity index (χ1v) is 10.2. The number of nitrogens with one attached hydrogen (secondary N) is 2. The molecule has 1 fully saturated rings. The molecule has 2 amide bonds. The molecule has 1 saturated carbocycles. The third-order valence-corrected chi connectivity index (χ3v) is 5.62. The Morgan fingerprint density at radius 3 is 2.59 bits per heavy atom.